The van der Waals surface area contributed by atoms with Crippen LogP contribution < -0.4 is 0 Å². The van der Waals surface area contributed by atoms with Crippen LogP contribution >= 0.6 is 0 Å². The number of rotatable bonds is 0. The second-order valence-electron chi connectivity index (χ2n) is 3.97. The van der Waals surface area contributed by atoms with Gasteiger partial charge in [-0.25, -0.2) is 0 Å². The van der Waals surface area contributed by atoms with Gasteiger partial charge in [0.2, 0.25) is 0 Å². The lowest BCUT2D eigenvalue weighted by Crippen LogP contribution is -2.26. The normalized spacial score (nSPS) is 17.5. The Balaban J connectivity index is 2.18. The van der Waals surface area contributed by atoms with E-state index < -0.39 is 0 Å². The largest absolute Gasteiger partial charge is 0.304 e. The molecule has 15 heavy (non-hydrogen) atoms. The van der Waals surface area contributed by atoms with E-state index in [0.717, 1.165) is 5.70 Å². The van der Waals surface area contributed by atoms with E-state index in [1.807, 2.05) is 11.0 Å². The van der Waals surface area contributed by atoms with Crippen molar-refractivity contribution in [3.63, 3.8) is 0 Å². The maximum Gasteiger partial charge on any atom is 0.251 e. The monoisotopic (exact) mass is 197 g/mol. The molecular weight excluding hydrogens is 186 g/mol. The summed E-state index contributed by atoms with van der Waals surface area (Å²) in [6.07, 6.45) is 5.59. The molecular formula is C13H11NO. The smallest absolute Gasteiger partial charge is 0.251 e. The van der Waals surface area contributed by atoms with Crippen LogP contribution in [0.15, 0.2) is 36.0 Å². The average molecular weight is 197 g/mol. The van der Waals surface area contributed by atoms with Crippen molar-refractivity contribution >= 4 is 12.0 Å². The minimum absolute atomic E-state index is 0.0927. The third kappa shape index (κ3) is 1.14. The molecule has 2 aliphatic rings. The molecule has 0 spiro atoms. The average Bonchev–Trinajstić information content (AvgIpc) is 2.59. The van der Waals surface area contributed by atoms with Crippen LogP contribution in [0.5, 0.6) is 0 Å². The molecule has 2 aliphatic heterocycles. The van der Waals surface area contributed by atoms with Gasteiger partial charge < -0.3 is 4.90 Å². The van der Waals surface area contributed by atoms with Crippen LogP contribution in [0.2, 0.25) is 0 Å². The van der Waals surface area contributed by atoms with Gasteiger partial charge in [0.05, 0.1) is 6.54 Å². The molecule has 0 bridgehead atoms. The van der Waals surface area contributed by atoms with Gasteiger partial charge in [-0.05, 0) is 35.8 Å². The predicted molar refractivity (Wildman–Crippen MR) is 58.8 cm³/mol. The first-order valence-electron chi connectivity index (χ1n) is 5.05. The van der Waals surface area contributed by atoms with E-state index >= 15 is 0 Å². The lowest BCUT2D eigenvalue weighted by Gasteiger charge is -2.25. The van der Waals surface area contributed by atoms with Crippen molar-refractivity contribution in [1.29, 1.82) is 0 Å². The van der Waals surface area contributed by atoms with Crippen molar-refractivity contribution < 1.29 is 4.79 Å². The quantitative estimate of drug-likeness (QED) is 0.624. The molecule has 2 nitrogen and oxygen atoms in total. The summed E-state index contributed by atoms with van der Waals surface area (Å²) in [7, 11) is 0. The van der Waals surface area contributed by atoms with E-state index in [0.29, 0.717) is 6.54 Å². The van der Waals surface area contributed by atoms with Gasteiger partial charge in [-0.1, -0.05) is 18.2 Å². The van der Waals surface area contributed by atoms with Gasteiger partial charge in [0.1, 0.15) is 0 Å². The van der Waals surface area contributed by atoms with Crippen molar-refractivity contribution in [3.05, 3.63) is 52.7 Å². The Labute approximate surface area is 88.5 Å². The number of benzene rings is 1. The second kappa shape index (κ2) is 2.83. The molecule has 0 aromatic heterocycles. The molecule has 74 valence electrons. The van der Waals surface area contributed by atoms with Crippen LogP contribution in [-0.4, -0.2) is 10.8 Å². The highest BCUT2D eigenvalue weighted by Crippen LogP contribution is 2.30. The Morgan fingerprint density at radius 2 is 2.13 bits per heavy atom. The number of hydrogen-bond donors (Lipinski definition) is 0. The minimum Gasteiger partial charge on any atom is -0.304 e. The molecule has 0 atom stereocenters. The molecule has 2 heterocycles. The Kier molecular flexibility index (Phi) is 1.60. The standard InChI is InChI=1S/C13H11NO/c1-9-3-2-4-10-7-11-5-6-13(15)14(11)8-12(9)10/h2-7H,8H2,1H3. The molecule has 0 saturated heterocycles. The van der Waals surface area contributed by atoms with Crippen molar-refractivity contribution in [3.8, 4) is 0 Å². The van der Waals surface area contributed by atoms with Crippen molar-refractivity contribution in [1.82, 2.24) is 4.90 Å². The lowest BCUT2D eigenvalue weighted by molar-refractivity contribution is -0.123. The Morgan fingerprint density at radius 1 is 1.27 bits per heavy atom. The van der Waals surface area contributed by atoms with Crippen molar-refractivity contribution in [2.24, 2.45) is 0 Å². The topological polar surface area (TPSA) is 20.3 Å². The summed E-state index contributed by atoms with van der Waals surface area (Å²) in [5, 5.41) is 0. The molecule has 0 N–H and O–H groups in total. The van der Waals surface area contributed by atoms with E-state index in [4.69, 9.17) is 0 Å². The van der Waals surface area contributed by atoms with Gasteiger partial charge >= 0.3 is 0 Å². The highest BCUT2D eigenvalue weighted by atomic mass is 16.2. The summed E-state index contributed by atoms with van der Waals surface area (Å²) in [4.78, 5) is 13.3. The third-order valence-electron chi connectivity index (χ3n) is 3.04. The fourth-order valence-electron chi connectivity index (χ4n) is 2.15. The van der Waals surface area contributed by atoms with Crippen LogP contribution in [0.1, 0.15) is 16.7 Å². The number of hydrogen-bond acceptors (Lipinski definition) is 1. The highest BCUT2D eigenvalue weighted by molar-refractivity contribution is 5.95. The van der Waals surface area contributed by atoms with E-state index in [1.165, 1.54) is 16.7 Å². The van der Waals surface area contributed by atoms with Gasteiger partial charge in [-0.15, -0.1) is 0 Å². The Bertz CT molecular complexity index is 511. The molecule has 0 saturated carbocycles. The van der Waals surface area contributed by atoms with E-state index in [9.17, 15) is 4.79 Å². The SMILES string of the molecule is Cc1cccc2c1CN1C(=O)C=CC1=C2. The summed E-state index contributed by atoms with van der Waals surface area (Å²) >= 11 is 0. The molecule has 0 fully saturated rings. The first-order valence-corrected chi connectivity index (χ1v) is 5.05. The number of amides is 1. The first kappa shape index (κ1) is 8.48. The van der Waals surface area contributed by atoms with Crippen molar-refractivity contribution in [2.75, 3.05) is 0 Å². The van der Waals surface area contributed by atoms with Gasteiger partial charge in [0, 0.05) is 11.8 Å². The Hall–Kier alpha value is -1.83. The maximum atomic E-state index is 11.5. The fraction of sp³-hybridized carbons (Fsp3) is 0.154. The second-order valence-corrected chi connectivity index (χ2v) is 3.97. The zero-order valence-corrected chi connectivity index (χ0v) is 8.53. The van der Waals surface area contributed by atoms with Gasteiger partial charge in [-0.2, -0.15) is 0 Å². The first-order chi connectivity index (χ1) is 7.25. The summed E-state index contributed by atoms with van der Waals surface area (Å²) < 4.78 is 0. The predicted octanol–water partition coefficient (Wildman–Crippen LogP) is 2.25. The number of aryl methyl sites for hydroxylation is 1. The molecule has 1 aromatic rings. The van der Waals surface area contributed by atoms with E-state index in [-0.39, 0.29) is 5.91 Å². The molecule has 1 aromatic carbocycles. The minimum atomic E-state index is 0.0927. The Morgan fingerprint density at radius 3 is 3.00 bits per heavy atom. The van der Waals surface area contributed by atoms with Crippen LogP contribution in [0.4, 0.5) is 0 Å². The maximum absolute atomic E-state index is 11.5. The molecule has 3 rings (SSSR count). The third-order valence-corrected chi connectivity index (χ3v) is 3.04. The van der Waals surface area contributed by atoms with Gasteiger partial charge in [0.15, 0.2) is 0 Å². The number of carbonyl (C=O) groups excluding carboxylic acids is 1. The van der Waals surface area contributed by atoms with Gasteiger partial charge in [-0.3, -0.25) is 4.79 Å². The van der Waals surface area contributed by atoms with Crippen LogP contribution in [0.25, 0.3) is 6.08 Å². The van der Waals surface area contributed by atoms with E-state index in [1.54, 1.807) is 6.08 Å². The summed E-state index contributed by atoms with van der Waals surface area (Å²) in [6, 6.07) is 6.25. The fourth-order valence-corrected chi connectivity index (χ4v) is 2.15. The molecule has 0 unspecified atom stereocenters. The molecule has 0 aliphatic carbocycles. The number of fused-ring (bicyclic) bond motifs is 2. The van der Waals surface area contributed by atoms with E-state index in [2.05, 4.69) is 31.2 Å². The van der Waals surface area contributed by atoms with Crippen LogP contribution in [-0.2, 0) is 11.3 Å². The summed E-state index contributed by atoms with van der Waals surface area (Å²) in [5.41, 5.74) is 4.76. The highest BCUT2D eigenvalue weighted by Gasteiger charge is 2.25. The summed E-state index contributed by atoms with van der Waals surface area (Å²) in [6.45, 7) is 2.80. The molecule has 2 heteroatoms. The van der Waals surface area contributed by atoms with Crippen LogP contribution in [0, 0.1) is 6.92 Å². The summed E-state index contributed by atoms with van der Waals surface area (Å²) in [5.74, 6) is 0.0927. The number of carbonyl (C=O) groups is 1. The van der Waals surface area contributed by atoms with Crippen LogP contribution in [0.3, 0.4) is 0 Å². The molecule has 1 amide bonds. The lowest BCUT2D eigenvalue weighted by atomic mass is 9.98. The number of allylic oxidation sites excluding steroid dienone is 1. The molecule has 0 radical (unpaired) electrons. The van der Waals surface area contributed by atoms with Crippen molar-refractivity contribution in [2.45, 2.75) is 13.5 Å². The number of nitrogens with zero attached hydrogens (tertiary/aromatic N) is 1. The van der Waals surface area contributed by atoms with Gasteiger partial charge in [0.25, 0.3) is 5.91 Å². The zero-order chi connectivity index (χ0) is 10.4. The zero-order valence-electron chi connectivity index (χ0n) is 8.53.